The van der Waals surface area contributed by atoms with Gasteiger partial charge in [-0.25, -0.2) is 0 Å². The van der Waals surface area contributed by atoms with Crippen molar-refractivity contribution < 1.29 is 0 Å². The van der Waals surface area contributed by atoms with E-state index in [4.69, 9.17) is 22.2 Å². The van der Waals surface area contributed by atoms with Crippen LogP contribution in [0.2, 0.25) is 0 Å². The number of thiocarbonyl (C=S) groups is 1. The third kappa shape index (κ3) is 6.31. The standard InChI is InChI=1S/C29H37N7S/c1-22-11-9-10-16-36(22)27-21-26(35-19-17-34(18-20-35)25-14-7-4-8-15-25)31-28(32-27)33-29(37)30-23(2)24-12-5-3-6-13-24/h3-8,12-15,21-23H,9-11,16-20H2,1-2H3,(H2,30,31,32,33,37). The zero-order chi connectivity index (χ0) is 25.6. The maximum atomic E-state index is 5.67. The molecule has 0 bridgehead atoms. The number of nitrogens with zero attached hydrogens (tertiary/aromatic N) is 5. The molecular weight excluding hydrogens is 478 g/mol. The van der Waals surface area contributed by atoms with Gasteiger partial charge < -0.3 is 25.3 Å². The van der Waals surface area contributed by atoms with Crippen LogP contribution in [0.25, 0.3) is 0 Å². The Morgan fingerprint density at radius 2 is 1.51 bits per heavy atom. The number of hydrogen-bond acceptors (Lipinski definition) is 6. The van der Waals surface area contributed by atoms with Crippen LogP contribution in [-0.4, -0.2) is 53.8 Å². The van der Waals surface area contributed by atoms with Crippen LogP contribution in [0.4, 0.5) is 23.3 Å². The zero-order valence-electron chi connectivity index (χ0n) is 21.8. The highest BCUT2D eigenvalue weighted by Crippen LogP contribution is 2.28. The van der Waals surface area contributed by atoms with E-state index in [1.165, 1.54) is 30.5 Å². The lowest BCUT2D eigenvalue weighted by molar-refractivity contribution is 0.481. The van der Waals surface area contributed by atoms with Gasteiger partial charge in [-0.3, -0.25) is 0 Å². The molecule has 0 spiro atoms. The lowest BCUT2D eigenvalue weighted by Crippen LogP contribution is -2.47. The average molecular weight is 516 g/mol. The van der Waals surface area contributed by atoms with Crippen LogP contribution in [0.5, 0.6) is 0 Å². The summed E-state index contributed by atoms with van der Waals surface area (Å²) in [6, 6.07) is 23.6. The van der Waals surface area contributed by atoms with Crippen molar-refractivity contribution in [1.29, 1.82) is 0 Å². The van der Waals surface area contributed by atoms with E-state index < -0.39 is 0 Å². The normalized spacial score (nSPS) is 18.9. The van der Waals surface area contributed by atoms with Crippen molar-refractivity contribution >= 4 is 40.6 Å². The predicted octanol–water partition coefficient (Wildman–Crippen LogP) is 5.23. The highest BCUT2D eigenvalue weighted by molar-refractivity contribution is 7.80. The molecule has 8 heteroatoms. The molecule has 37 heavy (non-hydrogen) atoms. The second-order valence-corrected chi connectivity index (χ2v) is 10.4. The monoisotopic (exact) mass is 515 g/mol. The molecule has 0 radical (unpaired) electrons. The number of hydrogen-bond donors (Lipinski definition) is 2. The van der Waals surface area contributed by atoms with Gasteiger partial charge in [0.15, 0.2) is 5.11 Å². The van der Waals surface area contributed by atoms with Gasteiger partial charge >= 0.3 is 0 Å². The topological polar surface area (TPSA) is 59.6 Å². The fourth-order valence-corrected chi connectivity index (χ4v) is 5.49. The van der Waals surface area contributed by atoms with Gasteiger partial charge in [0.1, 0.15) is 11.6 Å². The van der Waals surface area contributed by atoms with Crippen molar-refractivity contribution in [3.8, 4) is 0 Å². The van der Waals surface area contributed by atoms with E-state index >= 15 is 0 Å². The summed E-state index contributed by atoms with van der Waals surface area (Å²) in [5, 5.41) is 7.20. The van der Waals surface area contributed by atoms with Crippen molar-refractivity contribution in [2.75, 3.05) is 52.7 Å². The van der Waals surface area contributed by atoms with Gasteiger partial charge in [0, 0.05) is 50.5 Å². The molecule has 2 atom stereocenters. The second kappa shape index (κ2) is 11.8. The van der Waals surface area contributed by atoms with Crippen LogP contribution in [0, 0.1) is 0 Å². The lowest BCUT2D eigenvalue weighted by atomic mass is 10.0. The number of para-hydroxylation sites is 1. The fourth-order valence-electron chi connectivity index (χ4n) is 5.22. The Hall–Kier alpha value is -3.39. The molecule has 3 heterocycles. The first-order valence-electron chi connectivity index (χ1n) is 13.4. The molecule has 2 N–H and O–H groups in total. The third-order valence-corrected chi connectivity index (χ3v) is 7.61. The van der Waals surface area contributed by atoms with Crippen LogP contribution in [0.3, 0.4) is 0 Å². The van der Waals surface area contributed by atoms with Crippen LogP contribution in [0.1, 0.15) is 44.7 Å². The SMILES string of the molecule is CC(NC(=S)Nc1nc(N2CCN(c3ccccc3)CC2)cc(N2CCCCC2C)n1)c1ccccc1. The van der Waals surface area contributed by atoms with E-state index in [9.17, 15) is 0 Å². The summed E-state index contributed by atoms with van der Waals surface area (Å²) in [6.45, 7) is 9.16. The second-order valence-electron chi connectivity index (χ2n) is 9.99. The molecule has 5 rings (SSSR count). The van der Waals surface area contributed by atoms with Gasteiger partial charge in [-0.2, -0.15) is 9.97 Å². The summed E-state index contributed by atoms with van der Waals surface area (Å²) in [4.78, 5) is 17.1. The molecule has 7 nitrogen and oxygen atoms in total. The maximum Gasteiger partial charge on any atom is 0.232 e. The summed E-state index contributed by atoms with van der Waals surface area (Å²) >= 11 is 5.67. The minimum atomic E-state index is 0.0806. The summed E-state index contributed by atoms with van der Waals surface area (Å²) in [5.41, 5.74) is 2.46. The van der Waals surface area contributed by atoms with E-state index in [1.807, 2.05) is 18.2 Å². The van der Waals surface area contributed by atoms with Crippen molar-refractivity contribution in [2.45, 2.75) is 45.2 Å². The molecule has 2 unspecified atom stereocenters. The largest absolute Gasteiger partial charge is 0.368 e. The fraction of sp³-hybridized carbons (Fsp3) is 0.414. The van der Waals surface area contributed by atoms with Crippen molar-refractivity contribution in [1.82, 2.24) is 15.3 Å². The number of piperazine rings is 1. The number of anilines is 4. The molecule has 194 valence electrons. The molecular formula is C29H37N7S. The summed E-state index contributed by atoms with van der Waals surface area (Å²) in [6.07, 6.45) is 3.65. The molecule has 0 saturated carbocycles. The van der Waals surface area contributed by atoms with Crippen molar-refractivity contribution in [2.24, 2.45) is 0 Å². The maximum absolute atomic E-state index is 5.67. The van der Waals surface area contributed by atoms with Crippen molar-refractivity contribution in [3.63, 3.8) is 0 Å². The first-order valence-corrected chi connectivity index (χ1v) is 13.8. The van der Waals surface area contributed by atoms with Crippen LogP contribution >= 0.6 is 12.2 Å². The van der Waals surface area contributed by atoms with Gasteiger partial charge in [0.25, 0.3) is 0 Å². The van der Waals surface area contributed by atoms with Gasteiger partial charge in [0.05, 0.1) is 6.04 Å². The van der Waals surface area contributed by atoms with E-state index in [-0.39, 0.29) is 6.04 Å². The Morgan fingerprint density at radius 1 is 0.865 bits per heavy atom. The Bertz CT molecular complexity index is 1170. The molecule has 0 aliphatic carbocycles. The summed E-state index contributed by atoms with van der Waals surface area (Å²) in [7, 11) is 0. The lowest BCUT2D eigenvalue weighted by Gasteiger charge is -2.38. The van der Waals surface area contributed by atoms with Crippen LogP contribution in [-0.2, 0) is 0 Å². The quantitative estimate of drug-likeness (QED) is 0.433. The molecule has 2 aromatic carbocycles. The summed E-state index contributed by atoms with van der Waals surface area (Å²) < 4.78 is 0. The smallest absolute Gasteiger partial charge is 0.232 e. The van der Waals surface area contributed by atoms with Crippen LogP contribution < -0.4 is 25.3 Å². The number of piperidine rings is 1. The minimum Gasteiger partial charge on any atom is -0.368 e. The third-order valence-electron chi connectivity index (χ3n) is 7.39. The van der Waals surface area contributed by atoms with Crippen LogP contribution in [0.15, 0.2) is 66.7 Å². The number of rotatable bonds is 6. The minimum absolute atomic E-state index is 0.0806. The van der Waals surface area contributed by atoms with Gasteiger partial charge in [-0.15, -0.1) is 0 Å². The van der Waals surface area contributed by atoms with E-state index in [0.29, 0.717) is 17.1 Å². The number of nitrogens with one attached hydrogen (secondary N) is 2. The van der Waals surface area contributed by atoms with Gasteiger partial charge in [-0.1, -0.05) is 48.5 Å². The Morgan fingerprint density at radius 3 is 2.22 bits per heavy atom. The summed E-state index contributed by atoms with van der Waals surface area (Å²) in [5.74, 6) is 2.48. The molecule has 0 amide bonds. The molecule has 2 fully saturated rings. The van der Waals surface area contributed by atoms with Gasteiger partial charge in [-0.05, 0) is 63.0 Å². The Balaban J connectivity index is 1.33. The predicted molar refractivity (Wildman–Crippen MR) is 158 cm³/mol. The molecule has 2 saturated heterocycles. The highest BCUT2D eigenvalue weighted by Gasteiger charge is 2.24. The van der Waals surface area contributed by atoms with E-state index in [2.05, 4.69) is 87.7 Å². The molecule has 2 aliphatic rings. The van der Waals surface area contributed by atoms with E-state index in [1.54, 1.807) is 0 Å². The average Bonchev–Trinajstić information content (AvgIpc) is 2.94. The number of aromatic nitrogens is 2. The molecule has 1 aromatic heterocycles. The zero-order valence-corrected chi connectivity index (χ0v) is 22.6. The molecule has 2 aliphatic heterocycles. The Labute approximate surface area is 225 Å². The Kier molecular flexibility index (Phi) is 8.04. The van der Waals surface area contributed by atoms with Crippen molar-refractivity contribution in [3.05, 3.63) is 72.3 Å². The highest BCUT2D eigenvalue weighted by atomic mass is 32.1. The first-order chi connectivity index (χ1) is 18.1. The van der Waals surface area contributed by atoms with E-state index in [0.717, 1.165) is 44.4 Å². The number of benzene rings is 2. The van der Waals surface area contributed by atoms with Gasteiger partial charge in [0.2, 0.25) is 5.95 Å². The molecule has 3 aromatic rings. The first kappa shape index (κ1) is 25.3.